The molecule has 3 aliphatic heterocycles. The van der Waals surface area contributed by atoms with Gasteiger partial charge in [-0.3, -0.25) is 14.4 Å². The molecule has 3 saturated heterocycles. The molecule has 0 radical (unpaired) electrons. The summed E-state index contributed by atoms with van der Waals surface area (Å²) in [4.78, 5) is 44.9. The zero-order valence-corrected chi connectivity index (χ0v) is 21.6. The van der Waals surface area contributed by atoms with E-state index in [9.17, 15) is 19.5 Å². The average Bonchev–Trinajstić information content (AvgIpc) is 3.36. The monoisotopic (exact) mass is 492 g/mol. The van der Waals surface area contributed by atoms with Crippen LogP contribution in [0.5, 0.6) is 0 Å². The molecule has 34 heavy (non-hydrogen) atoms. The zero-order chi connectivity index (χ0) is 25.1. The van der Waals surface area contributed by atoms with Crippen LogP contribution in [0.25, 0.3) is 0 Å². The first kappa shape index (κ1) is 26.8. The Balaban J connectivity index is 2.03. The van der Waals surface area contributed by atoms with E-state index in [1.54, 1.807) is 22.7 Å². The maximum Gasteiger partial charge on any atom is 0.311 e. The van der Waals surface area contributed by atoms with Crippen LogP contribution in [0.2, 0.25) is 0 Å². The van der Waals surface area contributed by atoms with E-state index in [4.69, 9.17) is 4.74 Å². The number of esters is 1. The SMILES string of the molecule is C=CCOC(=O)[C@H]1[C@H]2C(=O)N(CCCCO)C(C(=O)N(CC=C)C(C)CCC)C23CC[C@]1(C)S3. The van der Waals surface area contributed by atoms with Crippen LogP contribution in [0.4, 0.5) is 0 Å². The number of amides is 2. The van der Waals surface area contributed by atoms with Crippen LogP contribution < -0.4 is 0 Å². The number of rotatable bonds is 13. The minimum absolute atomic E-state index is 0.0212. The number of thioether (sulfide) groups is 1. The molecule has 1 N–H and O–H groups in total. The van der Waals surface area contributed by atoms with E-state index in [0.717, 1.165) is 19.3 Å². The number of fused-ring (bicyclic) bond motifs is 1. The minimum atomic E-state index is -0.647. The quantitative estimate of drug-likeness (QED) is 0.241. The lowest BCUT2D eigenvalue weighted by Gasteiger charge is -2.39. The van der Waals surface area contributed by atoms with Crippen molar-refractivity contribution in [3.05, 3.63) is 25.3 Å². The Bertz CT molecular complexity index is 819. The van der Waals surface area contributed by atoms with Crippen molar-refractivity contribution in [3.63, 3.8) is 0 Å². The lowest BCUT2D eigenvalue weighted by Crippen LogP contribution is -2.56. The molecule has 3 unspecified atom stereocenters. The zero-order valence-electron chi connectivity index (χ0n) is 20.8. The van der Waals surface area contributed by atoms with Gasteiger partial charge in [-0.1, -0.05) is 32.1 Å². The van der Waals surface area contributed by atoms with Crippen molar-refractivity contribution in [2.24, 2.45) is 11.8 Å². The molecule has 3 rings (SSSR count). The lowest BCUT2D eigenvalue weighted by molar-refractivity contribution is -0.154. The number of ether oxygens (including phenoxy) is 1. The molecule has 0 saturated carbocycles. The Morgan fingerprint density at radius 1 is 1.32 bits per heavy atom. The van der Waals surface area contributed by atoms with Crippen molar-refractivity contribution in [2.45, 2.75) is 80.9 Å². The van der Waals surface area contributed by atoms with Gasteiger partial charge in [0.05, 0.1) is 16.6 Å². The Hall–Kier alpha value is -1.80. The van der Waals surface area contributed by atoms with Gasteiger partial charge in [-0.05, 0) is 46.0 Å². The summed E-state index contributed by atoms with van der Waals surface area (Å²) < 4.78 is 4.36. The molecule has 6 atom stereocenters. The predicted octanol–water partition coefficient (Wildman–Crippen LogP) is 3.17. The van der Waals surface area contributed by atoms with Crippen LogP contribution in [-0.2, 0) is 19.1 Å². The molecule has 190 valence electrons. The third-order valence-corrected chi connectivity index (χ3v) is 9.75. The van der Waals surface area contributed by atoms with Gasteiger partial charge in [0, 0.05) is 30.5 Å². The van der Waals surface area contributed by atoms with E-state index in [0.29, 0.717) is 32.4 Å². The Kier molecular flexibility index (Phi) is 8.56. The molecule has 3 aliphatic rings. The number of unbranched alkanes of at least 4 members (excludes halogenated alkanes) is 1. The molecule has 1 spiro atoms. The van der Waals surface area contributed by atoms with E-state index >= 15 is 0 Å². The van der Waals surface area contributed by atoms with Crippen LogP contribution in [0.1, 0.15) is 59.3 Å². The second kappa shape index (κ2) is 10.9. The fraction of sp³-hybridized carbons (Fsp3) is 0.731. The second-order valence-electron chi connectivity index (χ2n) is 10.0. The smallest absolute Gasteiger partial charge is 0.311 e. The first-order valence-corrected chi connectivity index (χ1v) is 13.3. The number of hydrogen-bond donors (Lipinski definition) is 1. The van der Waals surface area contributed by atoms with Crippen molar-refractivity contribution in [1.29, 1.82) is 0 Å². The van der Waals surface area contributed by atoms with Crippen LogP contribution >= 0.6 is 11.8 Å². The number of carbonyl (C=O) groups is 3. The molecule has 2 amide bonds. The van der Waals surface area contributed by atoms with Crippen LogP contribution in [0.15, 0.2) is 25.3 Å². The molecule has 0 aromatic rings. The highest BCUT2D eigenvalue weighted by Gasteiger charge is 2.77. The van der Waals surface area contributed by atoms with Crippen molar-refractivity contribution in [1.82, 2.24) is 9.80 Å². The topological polar surface area (TPSA) is 87.1 Å². The average molecular weight is 493 g/mol. The minimum Gasteiger partial charge on any atom is -0.461 e. The molecule has 8 heteroatoms. The van der Waals surface area contributed by atoms with Gasteiger partial charge in [0.15, 0.2) is 0 Å². The van der Waals surface area contributed by atoms with E-state index in [-0.39, 0.29) is 37.0 Å². The summed E-state index contributed by atoms with van der Waals surface area (Å²) in [7, 11) is 0. The molecule has 3 fully saturated rings. The summed E-state index contributed by atoms with van der Waals surface area (Å²) >= 11 is 1.65. The first-order chi connectivity index (χ1) is 16.2. The molecule has 3 heterocycles. The van der Waals surface area contributed by atoms with Crippen LogP contribution in [-0.4, -0.2) is 80.6 Å². The second-order valence-corrected chi connectivity index (χ2v) is 11.9. The van der Waals surface area contributed by atoms with Gasteiger partial charge in [-0.15, -0.1) is 18.3 Å². The molecule has 0 aliphatic carbocycles. The summed E-state index contributed by atoms with van der Waals surface area (Å²) in [6.45, 7) is 14.6. The summed E-state index contributed by atoms with van der Waals surface area (Å²) in [5.41, 5.74) is 0. The number of hydrogen-bond acceptors (Lipinski definition) is 6. The van der Waals surface area contributed by atoms with Crippen LogP contribution in [0, 0.1) is 11.8 Å². The van der Waals surface area contributed by atoms with E-state index < -0.39 is 27.4 Å². The van der Waals surface area contributed by atoms with E-state index in [2.05, 4.69) is 20.1 Å². The van der Waals surface area contributed by atoms with Gasteiger partial charge < -0.3 is 19.6 Å². The number of aliphatic hydroxyl groups excluding tert-OH is 1. The van der Waals surface area contributed by atoms with E-state index in [1.165, 1.54) is 6.08 Å². The number of aliphatic hydroxyl groups is 1. The molecular formula is C26H40N2O5S. The van der Waals surface area contributed by atoms with E-state index in [1.807, 2.05) is 18.7 Å². The normalized spacial score (nSPS) is 32.4. The van der Waals surface area contributed by atoms with Gasteiger partial charge >= 0.3 is 5.97 Å². The summed E-state index contributed by atoms with van der Waals surface area (Å²) in [5, 5.41) is 9.30. The Morgan fingerprint density at radius 3 is 2.68 bits per heavy atom. The van der Waals surface area contributed by atoms with Crippen molar-refractivity contribution >= 4 is 29.5 Å². The predicted molar refractivity (Wildman–Crippen MR) is 134 cm³/mol. The highest BCUT2D eigenvalue weighted by molar-refractivity contribution is 8.02. The van der Waals surface area contributed by atoms with Gasteiger partial charge in [0.25, 0.3) is 0 Å². The number of likely N-dealkylation sites (tertiary alicyclic amines) is 1. The number of nitrogens with zero attached hydrogens (tertiary/aromatic N) is 2. The summed E-state index contributed by atoms with van der Waals surface area (Å²) in [6.07, 6.45) is 7.72. The third kappa shape index (κ3) is 4.43. The highest BCUT2D eigenvalue weighted by Crippen LogP contribution is 2.71. The molecule has 2 bridgehead atoms. The molecule has 0 aromatic carbocycles. The van der Waals surface area contributed by atoms with Crippen molar-refractivity contribution < 1.29 is 24.2 Å². The fourth-order valence-corrected chi connectivity index (χ4v) is 8.62. The third-order valence-electron chi connectivity index (χ3n) is 7.76. The fourth-order valence-electron chi connectivity index (χ4n) is 6.28. The van der Waals surface area contributed by atoms with Gasteiger partial charge in [-0.2, -0.15) is 0 Å². The van der Waals surface area contributed by atoms with Gasteiger partial charge in [0.1, 0.15) is 12.6 Å². The maximum atomic E-state index is 14.2. The summed E-state index contributed by atoms with van der Waals surface area (Å²) in [6, 6.07) is -0.611. The Morgan fingerprint density at radius 2 is 2.06 bits per heavy atom. The molecular weight excluding hydrogens is 452 g/mol. The van der Waals surface area contributed by atoms with Crippen molar-refractivity contribution in [2.75, 3.05) is 26.3 Å². The maximum absolute atomic E-state index is 14.2. The molecule has 0 aromatic heterocycles. The highest BCUT2D eigenvalue weighted by atomic mass is 32.2. The van der Waals surface area contributed by atoms with Gasteiger partial charge in [0.2, 0.25) is 11.8 Å². The lowest BCUT2D eigenvalue weighted by atomic mass is 9.66. The van der Waals surface area contributed by atoms with Gasteiger partial charge in [-0.25, -0.2) is 0 Å². The standard InChI is InChI=1S/C26H40N2O5S/c1-6-11-18(4)27(14-7-2)23(31)21-26-13-12-25(5,34-26)20(24(32)33-17-8-3)19(26)22(30)28(21)15-9-10-16-29/h7-8,18-21,29H,2-3,6,9-17H2,1,4-5H3/t18?,19-,20+,21?,25-,26?/m0/s1. The number of carbonyl (C=O) groups excluding carboxylic acids is 3. The van der Waals surface area contributed by atoms with Crippen LogP contribution in [0.3, 0.4) is 0 Å². The first-order valence-electron chi connectivity index (χ1n) is 12.5. The van der Waals surface area contributed by atoms with Crippen molar-refractivity contribution in [3.8, 4) is 0 Å². The largest absolute Gasteiger partial charge is 0.461 e. The Labute approximate surface area is 208 Å². The summed E-state index contributed by atoms with van der Waals surface area (Å²) in [5.74, 6) is -1.73. The molecule has 7 nitrogen and oxygen atoms in total.